The number of halogens is 2. The molecule has 0 heterocycles. The van der Waals surface area contributed by atoms with Crippen molar-refractivity contribution in [2.24, 2.45) is 4.99 Å². The van der Waals surface area contributed by atoms with Crippen LogP contribution in [-0.2, 0) is 4.79 Å². The molecule has 0 bridgehead atoms. The molecule has 2 rings (SSSR count). The van der Waals surface area contributed by atoms with Crippen molar-refractivity contribution in [1.29, 1.82) is 0 Å². The Morgan fingerprint density at radius 1 is 1.32 bits per heavy atom. The summed E-state index contributed by atoms with van der Waals surface area (Å²) in [4.78, 5) is 16.7. The molecule has 0 fully saturated rings. The molecule has 7 heteroatoms. The van der Waals surface area contributed by atoms with Crippen molar-refractivity contribution in [3.63, 3.8) is 0 Å². The summed E-state index contributed by atoms with van der Waals surface area (Å²) in [6, 6.07) is 6.48. The molecule has 0 aromatic heterocycles. The minimum Gasteiger partial charge on any atom is -0.480 e. The fourth-order valence-electron chi connectivity index (χ4n) is 2.66. The molecular formula is C21H23F2NO3S. The van der Waals surface area contributed by atoms with E-state index in [9.17, 15) is 18.7 Å². The first-order chi connectivity index (χ1) is 13.2. The fraction of sp³-hybridized carbons (Fsp3) is 0.333. The van der Waals surface area contributed by atoms with Crippen molar-refractivity contribution >= 4 is 29.0 Å². The monoisotopic (exact) mass is 407 g/mol. The normalized spacial score (nSPS) is 17.7. The summed E-state index contributed by atoms with van der Waals surface area (Å²) >= 11 is 1.29. The lowest BCUT2D eigenvalue weighted by molar-refractivity contribution is -0.138. The zero-order chi connectivity index (χ0) is 20.9. The largest absolute Gasteiger partial charge is 0.480 e. The average molecular weight is 407 g/mol. The highest BCUT2D eigenvalue weighted by Gasteiger charge is 2.30. The van der Waals surface area contributed by atoms with Crippen LogP contribution < -0.4 is 4.74 Å². The molecule has 1 aliphatic carbocycles. The van der Waals surface area contributed by atoms with E-state index < -0.39 is 17.3 Å². The number of allylic oxidation sites excluding steroid dienone is 6. The van der Waals surface area contributed by atoms with Gasteiger partial charge < -0.3 is 9.84 Å². The Morgan fingerprint density at radius 2 is 2.04 bits per heavy atom. The van der Waals surface area contributed by atoms with Crippen LogP contribution in [0.3, 0.4) is 0 Å². The first-order valence-electron chi connectivity index (χ1n) is 8.75. The van der Waals surface area contributed by atoms with Gasteiger partial charge in [0, 0.05) is 12.6 Å². The molecule has 0 saturated heterocycles. The van der Waals surface area contributed by atoms with Crippen LogP contribution in [0.2, 0.25) is 0 Å². The molecule has 0 spiro atoms. The summed E-state index contributed by atoms with van der Waals surface area (Å²) in [6.45, 7) is 2.39. The summed E-state index contributed by atoms with van der Waals surface area (Å²) in [5.41, 5.74) is 3.11. The van der Waals surface area contributed by atoms with E-state index in [0.717, 1.165) is 27.3 Å². The van der Waals surface area contributed by atoms with E-state index in [2.05, 4.69) is 9.73 Å². The molecule has 4 nitrogen and oxygen atoms in total. The van der Waals surface area contributed by atoms with E-state index >= 15 is 0 Å². The zero-order valence-electron chi connectivity index (χ0n) is 16.2. The Labute approximate surface area is 167 Å². The number of aliphatic imine (C=N–C) groups is 1. The van der Waals surface area contributed by atoms with E-state index in [1.54, 1.807) is 39.1 Å². The minimum absolute atomic E-state index is 0.0828. The quantitative estimate of drug-likeness (QED) is 0.642. The lowest BCUT2D eigenvalue weighted by atomic mass is 9.94. The van der Waals surface area contributed by atoms with Gasteiger partial charge in [-0.2, -0.15) is 8.78 Å². The number of hydrogen-bond acceptors (Lipinski definition) is 4. The Balaban J connectivity index is 2.50. The lowest BCUT2D eigenvalue weighted by Crippen LogP contribution is -2.27. The highest BCUT2D eigenvalue weighted by Crippen LogP contribution is 2.38. The molecule has 0 saturated carbocycles. The number of benzene rings is 1. The Hall–Kier alpha value is -2.41. The van der Waals surface area contributed by atoms with Crippen LogP contribution in [-0.4, -0.2) is 35.2 Å². The number of rotatable bonds is 7. The standard InChI is InChI=1S/C21H23F2NO3S/c1-5-18(28-21(2,3)19(25)26)16-12-14(9-10-17(16)24-4)13-7-6-8-15(11-13)27-20(22)23/h6-12,20H,5H2,1-4H3,(H,25,26)/b18-16+,24-17?. The third-order valence-corrected chi connectivity index (χ3v) is 5.58. The zero-order valence-corrected chi connectivity index (χ0v) is 17.0. The molecule has 1 aromatic carbocycles. The summed E-state index contributed by atoms with van der Waals surface area (Å²) in [6.07, 6.45) is 6.25. The van der Waals surface area contributed by atoms with Gasteiger partial charge in [-0.05, 0) is 60.6 Å². The average Bonchev–Trinajstić information content (AvgIpc) is 2.65. The number of alkyl halides is 2. The minimum atomic E-state index is -2.89. The van der Waals surface area contributed by atoms with Gasteiger partial charge in [0.25, 0.3) is 0 Å². The number of carbonyl (C=O) groups is 1. The SMILES string of the molecule is CC/C(SC(C)(C)C(=O)O)=C1/C=C(c2cccc(OC(F)F)c2)C=CC1=NC. The maximum absolute atomic E-state index is 12.5. The molecule has 0 radical (unpaired) electrons. The Bertz CT molecular complexity index is 870. The summed E-state index contributed by atoms with van der Waals surface area (Å²) in [7, 11) is 1.68. The summed E-state index contributed by atoms with van der Waals surface area (Å²) < 4.78 is 28.5. The third-order valence-electron chi connectivity index (χ3n) is 4.14. The van der Waals surface area contributed by atoms with Crippen LogP contribution in [0, 0.1) is 0 Å². The van der Waals surface area contributed by atoms with E-state index in [4.69, 9.17) is 0 Å². The maximum atomic E-state index is 12.5. The number of carboxylic acids is 1. The van der Waals surface area contributed by atoms with E-state index in [0.29, 0.717) is 6.42 Å². The van der Waals surface area contributed by atoms with Crippen molar-refractivity contribution in [2.75, 3.05) is 7.05 Å². The maximum Gasteiger partial charge on any atom is 0.387 e. The van der Waals surface area contributed by atoms with Crippen LogP contribution in [0.1, 0.15) is 32.8 Å². The van der Waals surface area contributed by atoms with Gasteiger partial charge in [0.05, 0.1) is 5.71 Å². The molecule has 1 N–H and O–H groups in total. The van der Waals surface area contributed by atoms with Crippen LogP contribution in [0.25, 0.3) is 5.57 Å². The molecule has 1 aliphatic rings. The van der Waals surface area contributed by atoms with Crippen LogP contribution in [0.15, 0.2) is 58.0 Å². The highest BCUT2D eigenvalue weighted by molar-refractivity contribution is 8.05. The predicted molar refractivity (Wildman–Crippen MR) is 110 cm³/mol. The highest BCUT2D eigenvalue weighted by atomic mass is 32.2. The molecule has 0 amide bonds. The molecule has 0 unspecified atom stereocenters. The second-order valence-electron chi connectivity index (χ2n) is 6.56. The number of aliphatic carboxylic acids is 1. The third kappa shape index (κ3) is 5.32. The smallest absolute Gasteiger partial charge is 0.387 e. The van der Waals surface area contributed by atoms with Gasteiger partial charge in [-0.3, -0.25) is 9.79 Å². The number of carboxylic acid groups (broad SMARTS) is 1. The van der Waals surface area contributed by atoms with Gasteiger partial charge in [-0.15, -0.1) is 11.8 Å². The van der Waals surface area contributed by atoms with Gasteiger partial charge in [0.1, 0.15) is 10.5 Å². The van der Waals surface area contributed by atoms with Crippen LogP contribution >= 0.6 is 11.8 Å². The molecule has 0 aliphatic heterocycles. The topological polar surface area (TPSA) is 58.9 Å². The van der Waals surface area contributed by atoms with Gasteiger partial charge in [0.15, 0.2) is 0 Å². The van der Waals surface area contributed by atoms with E-state index in [1.807, 2.05) is 25.2 Å². The van der Waals surface area contributed by atoms with E-state index in [-0.39, 0.29) is 5.75 Å². The van der Waals surface area contributed by atoms with Crippen molar-refractivity contribution in [3.05, 3.63) is 58.5 Å². The second-order valence-corrected chi connectivity index (χ2v) is 8.27. The van der Waals surface area contributed by atoms with Gasteiger partial charge in [0.2, 0.25) is 0 Å². The molecule has 1 aromatic rings. The van der Waals surface area contributed by atoms with Crippen molar-refractivity contribution < 1.29 is 23.4 Å². The van der Waals surface area contributed by atoms with Gasteiger partial charge in [-0.1, -0.05) is 25.1 Å². The van der Waals surface area contributed by atoms with Gasteiger partial charge in [-0.25, -0.2) is 0 Å². The first-order valence-corrected chi connectivity index (χ1v) is 9.57. The molecular weight excluding hydrogens is 384 g/mol. The molecule has 0 atom stereocenters. The number of hydrogen-bond donors (Lipinski definition) is 1. The van der Waals surface area contributed by atoms with Crippen molar-refractivity contribution in [3.8, 4) is 5.75 Å². The summed E-state index contributed by atoms with van der Waals surface area (Å²) in [5, 5.41) is 9.46. The van der Waals surface area contributed by atoms with Crippen LogP contribution in [0.5, 0.6) is 5.75 Å². The fourth-order valence-corrected chi connectivity index (χ4v) is 3.78. The van der Waals surface area contributed by atoms with Crippen LogP contribution in [0.4, 0.5) is 8.78 Å². The first kappa shape index (κ1) is 21.9. The predicted octanol–water partition coefficient (Wildman–Crippen LogP) is 5.57. The van der Waals surface area contributed by atoms with Crippen molar-refractivity contribution in [2.45, 2.75) is 38.6 Å². The Kier molecular flexibility index (Phi) is 7.18. The van der Waals surface area contributed by atoms with Crippen molar-refractivity contribution in [1.82, 2.24) is 0 Å². The number of nitrogens with zero attached hydrogens (tertiary/aromatic N) is 1. The van der Waals surface area contributed by atoms with E-state index in [1.165, 1.54) is 17.8 Å². The lowest BCUT2D eigenvalue weighted by Gasteiger charge is -2.23. The second kappa shape index (κ2) is 9.19. The molecule has 150 valence electrons. The number of thioether (sulfide) groups is 1. The number of ether oxygens (including phenoxy) is 1. The molecule has 28 heavy (non-hydrogen) atoms. The Morgan fingerprint density at radius 3 is 2.61 bits per heavy atom. The summed E-state index contributed by atoms with van der Waals surface area (Å²) in [5.74, 6) is -0.814. The van der Waals surface area contributed by atoms with Gasteiger partial charge >= 0.3 is 12.6 Å².